The van der Waals surface area contributed by atoms with E-state index in [9.17, 15) is 0 Å². The van der Waals surface area contributed by atoms with Crippen molar-refractivity contribution in [3.63, 3.8) is 0 Å². The van der Waals surface area contributed by atoms with Crippen LogP contribution in [0.4, 0.5) is 5.69 Å². The number of halogens is 2. The van der Waals surface area contributed by atoms with Crippen molar-refractivity contribution >= 4 is 28.9 Å². The van der Waals surface area contributed by atoms with Gasteiger partial charge in [0.05, 0.1) is 5.69 Å². The zero-order chi connectivity index (χ0) is 15.7. The van der Waals surface area contributed by atoms with Crippen LogP contribution in [0.2, 0.25) is 10.0 Å². The van der Waals surface area contributed by atoms with Gasteiger partial charge in [-0.05, 0) is 18.2 Å². The lowest BCUT2D eigenvalue weighted by Gasteiger charge is -2.26. The van der Waals surface area contributed by atoms with Crippen LogP contribution in [0.1, 0.15) is 5.56 Å². The Balaban J connectivity index is 1.81. The first-order valence-corrected chi connectivity index (χ1v) is 7.32. The third-order valence-electron chi connectivity index (χ3n) is 3.34. The summed E-state index contributed by atoms with van der Waals surface area (Å²) in [5.74, 6) is 0. The molecule has 1 saturated heterocycles. The summed E-state index contributed by atoms with van der Waals surface area (Å²) >= 11 is 12.1. The highest BCUT2D eigenvalue weighted by atomic mass is 35.5. The number of nitrogens with zero attached hydrogens (tertiary/aromatic N) is 4. The van der Waals surface area contributed by atoms with Crippen molar-refractivity contribution < 1.29 is 0 Å². The van der Waals surface area contributed by atoms with Crippen LogP contribution in [0.15, 0.2) is 36.9 Å². The van der Waals surface area contributed by atoms with Gasteiger partial charge in [-0.15, -0.1) is 0 Å². The molecule has 1 aromatic heterocycles. The van der Waals surface area contributed by atoms with Gasteiger partial charge in [-0.1, -0.05) is 23.2 Å². The number of anilines is 1. The smallest absolute Gasteiger partial charge is 0.152 e. The third-order valence-corrected chi connectivity index (χ3v) is 3.77. The lowest BCUT2D eigenvalue weighted by molar-refractivity contribution is 0.184. The fraction of sp³-hybridized carbons (Fsp3) is 0.231. The van der Waals surface area contributed by atoms with Crippen molar-refractivity contribution in [2.24, 2.45) is 11.5 Å². The second-order valence-electron chi connectivity index (χ2n) is 4.90. The summed E-state index contributed by atoms with van der Waals surface area (Å²) in [6, 6.07) is 5.19. The largest absolute Gasteiger partial charge is 0.302 e. The highest BCUT2D eigenvalue weighted by Crippen LogP contribution is 2.28. The van der Waals surface area contributed by atoms with E-state index < -0.39 is 12.6 Å². The monoisotopic (exact) mass is 339 g/mol. The first-order chi connectivity index (χ1) is 10.5. The van der Waals surface area contributed by atoms with Gasteiger partial charge in [0.25, 0.3) is 0 Å². The Bertz CT molecular complexity index is 634. The van der Waals surface area contributed by atoms with Crippen molar-refractivity contribution in [1.82, 2.24) is 20.3 Å². The number of rotatable bonds is 3. The van der Waals surface area contributed by atoms with E-state index in [1.807, 2.05) is 4.90 Å². The third kappa shape index (κ3) is 3.14. The van der Waals surface area contributed by atoms with E-state index in [2.05, 4.69) is 15.4 Å². The predicted molar refractivity (Wildman–Crippen MR) is 85.6 cm³/mol. The summed E-state index contributed by atoms with van der Waals surface area (Å²) in [7, 11) is 0. The molecule has 9 heteroatoms. The molecular formula is C13H15Cl2N7. The van der Waals surface area contributed by atoms with Crippen LogP contribution in [0.25, 0.3) is 0 Å². The molecular weight excluding hydrogens is 325 g/mol. The molecule has 0 amide bonds. The van der Waals surface area contributed by atoms with Crippen molar-refractivity contribution in [1.29, 1.82) is 0 Å². The van der Waals surface area contributed by atoms with Gasteiger partial charge in [0.2, 0.25) is 0 Å². The van der Waals surface area contributed by atoms with Crippen molar-refractivity contribution in [3.05, 3.63) is 52.5 Å². The normalized spacial score (nSPS) is 22.3. The molecule has 22 heavy (non-hydrogen) atoms. The summed E-state index contributed by atoms with van der Waals surface area (Å²) in [4.78, 5) is 9.85. The first-order valence-electron chi connectivity index (χ1n) is 6.57. The lowest BCUT2D eigenvalue weighted by Crippen LogP contribution is -2.48. The zero-order valence-electron chi connectivity index (χ0n) is 11.5. The fourth-order valence-electron chi connectivity index (χ4n) is 2.33. The van der Waals surface area contributed by atoms with Gasteiger partial charge in [-0.2, -0.15) is 0 Å². The predicted octanol–water partition coefficient (Wildman–Crippen LogP) is 1.09. The van der Waals surface area contributed by atoms with Crippen molar-refractivity contribution in [3.8, 4) is 0 Å². The van der Waals surface area contributed by atoms with Gasteiger partial charge in [-0.25, -0.2) is 20.3 Å². The van der Waals surface area contributed by atoms with Crippen molar-refractivity contribution in [2.75, 3.05) is 5.01 Å². The lowest BCUT2D eigenvalue weighted by atomic mass is 10.3. The Morgan fingerprint density at radius 2 is 1.73 bits per heavy atom. The van der Waals surface area contributed by atoms with Crippen LogP contribution in [0.5, 0.6) is 0 Å². The molecule has 2 unspecified atom stereocenters. The highest BCUT2D eigenvalue weighted by Gasteiger charge is 2.35. The molecule has 0 radical (unpaired) electrons. The molecule has 2 heterocycles. The Labute approximate surface area is 137 Å². The van der Waals surface area contributed by atoms with E-state index in [0.717, 1.165) is 11.3 Å². The van der Waals surface area contributed by atoms with Gasteiger partial charge < -0.3 is 5.73 Å². The van der Waals surface area contributed by atoms with E-state index in [-0.39, 0.29) is 0 Å². The second kappa shape index (κ2) is 6.33. The Kier molecular flexibility index (Phi) is 4.44. The molecule has 3 rings (SSSR count). The fourth-order valence-corrected chi connectivity index (χ4v) is 2.84. The molecule has 2 atom stereocenters. The summed E-state index contributed by atoms with van der Waals surface area (Å²) in [6.45, 7) is 0.515. The summed E-state index contributed by atoms with van der Waals surface area (Å²) in [6.07, 6.45) is 4.00. The maximum absolute atomic E-state index is 6.28. The molecule has 1 aromatic carbocycles. The maximum Gasteiger partial charge on any atom is 0.152 e. The standard InChI is InChI=1S/C13H15Cl2N7/c14-9-1-10(15)3-11(2-9)22-13(17)21(12(16)20-22)6-8-4-18-7-19-5-8/h1-5,7,12-13,20H,6,16-17H2. The number of benzene rings is 1. The van der Waals surface area contributed by atoms with Gasteiger partial charge in [0, 0.05) is 34.5 Å². The molecule has 116 valence electrons. The average molecular weight is 340 g/mol. The molecule has 0 bridgehead atoms. The minimum atomic E-state index is -0.482. The van der Waals surface area contributed by atoms with Gasteiger partial charge in [0.1, 0.15) is 12.6 Å². The molecule has 1 aliphatic heterocycles. The number of nitrogens with one attached hydrogen (secondary N) is 1. The average Bonchev–Trinajstić information content (AvgIpc) is 2.75. The van der Waals surface area contributed by atoms with Crippen molar-refractivity contribution in [2.45, 2.75) is 19.1 Å². The Morgan fingerprint density at radius 1 is 1.09 bits per heavy atom. The number of aromatic nitrogens is 2. The molecule has 0 saturated carbocycles. The van der Waals surface area contributed by atoms with Crippen LogP contribution in [-0.4, -0.2) is 27.4 Å². The molecule has 0 aliphatic carbocycles. The number of nitrogens with two attached hydrogens (primary N) is 2. The summed E-state index contributed by atoms with van der Waals surface area (Å²) < 4.78 is 0. The van der Waals surface area contributed by atoms with Gasteiger partial charge in [-0.3, -0.25) is 10.7 Å². The van der Waals surface area contributed by atoms with E-state index >= 15 is 0 Å². The van der Waals surface area contributed by atoms with Crippen LogP contribution in [0.3, 0.4) is 0 Å². The Morgan fingerprint density at radius 3 is 2.36 bits per heavy atom. The molecule has 2 aromatic rings. The highest BCUT2D eigenvalue weighted by molar-refractivity contribution is 6.35. The number of hydrogen-bond donors (Lipinski definition) is 3. The molecule has 1 aliphatic rings. The first kappa shape index (κ1) is 15.4. The zero-order valence-corrected chi connectivity index (χ0v) is 13.0. The van der Waals surface area contributed by atoms with Crippen LogP contribution >= 0.6 is 23.2 Å². The minimum absolute atomic E-state index is 0.451. The summed E-state index contributed by atoms with van der Waals surface area (Å²) in [5, 5.41) is 2.78. The maximum atomic E-state index is 6.28. The SMILES string of the molecule is NC1NN(c2cc(Cl)cc(Cl)c2)C(N)N1Cc1cncnc1. The van der Waals surface area contributed by atoms with Crippen LogP contribution in [-0.2, 0) is 6.54 Å². The quantitative estimate of drug-likeness (QED) is 0.770. The molecule has 0 spiro atoms. The van der Waals surface area contributed by atoms with E-state index in [1.165, 1.54) is 6.33 Å². The minimum Gasteiger partial charge on any atom is -0.302 e. The van der Waals surface area contributed by atoms with E-state index in [0.29, 0.717) is 16.6 Å². The van der Waals surface area contributed by atoms with Crippen LogP contribution in [0, 0.1) is 0 Å². The topological polar surface area (TPSA) is 96.3 Å². The van der Waals surface area contributed by atoms with Gasteiger partial charge in [0.15, 0.2) is 6.29 Å². The molecule has 7 nitrogen and oxygen atoms in total. The van der Waals surface area contributed by atoms with Crippen LogP contribution < -0.4 is 21.9 Å². The summed E-state index contributed by atoms with van der Waals surface area (Å²) in [5.41, 5.74) is 17.1. The second-order valence-corrected chi connectivity index (χ2v) is 5.78. The Hall–Kier alpha value is -1.48. The molecule has 1 fully saturated rings. The van der Waals surface area contributed by atoms with E-state index in [4.69, 9.17) is 34.7 Å². The molecule has 5 N–H and O–H groups in total. The van der Waals surface area contributed by atoms with E-state index in [1.54, 1.807) is 35.6 Å². The number of hydrazine groups is 1. The van der Waals surface area contributed by atoms with Gasteiger partial charge >= 0.3 is 0 Å². The number of hydrogen-bond acceptors (Lipinski definition) is 7.